The zero-order chi connectivity index (χ0) is 14.1. The lowest BCUT2D eigenvalue weighted by Gasteiger charge is -2.36. The van der Waals surface area contributed by atoms with Gasteiger partial charge in [-0.3, -0.25) is 9.11 Å². The number of hydrogen-bond donors (Lipinski definition) is 5. The maximum Gasteiger partial charge on any atom is 0.333 e. The molecule has 0 aromatic rings. The van der Waals surface area contributed by atoms with Crippen molar-refractivity contribution >= 4 is 20.4 Å². The summed E-state index contributed by atoms with van der Waals surface area (Å²) in [7, 11) is -9.02. The Morgan fingerprint density at radius 3 is 2.11 bits per heavy atom. The highest BCUT2D eigenvalue weighted by atomic mass is 32.2. The molecule has 1 fully saturated rings. The first kappa shape index (κ1) is 15.7. The van der Waals surface area contributed by atoms with Crippen molar-refractivity contribution in [2.45, 2.75) is 31.0 Å². The Morgan fingerprint density at radius 2 is 1.72 bits per heavy atom. The van der Waals surface area contributed by atoms with Crippen molar-refractivity contribution in [3.8, 4) is 0 Å². The lowest BCUT2D eigenvalue weighted by atomic mass is 10.0. The fourth-order valence-corrected chi connectivity index (χ4v) is 2.90. The first-order valence-electron chi connectivity index (χ1n) is 4.69. The predicted octanol–water partition coefficient (Wildman–Crippen LogP) is -2.90. The van der Waals surface area contributed by atoms with Gasteiger partial charge in [0.25, 0.3) is 10.1 Å². The van der Waals surface area contributed by atoms with Gasteiger partial charge in [0.05, 0.1) is 12.2 Å². The molecule has 1 rings (SSSR count). The van der Waals surface area contributed by atoms with Crippen molar-refractivity contribution in [2.75, 3.05) is 5.75 Å². The maximum absolute atomic E-state index is 10.6. The zero-order valence-electron chi connectivity index (χ0n) is 8.87. The third-order valence-corrected chi connectivity index (χ3v) is 3.60. The van der Waals surface area contributed by atoms with E-state index in [4.69, 9.17) is 13.8 Å². The van der Waals surface area contributed by atoms with Crippen LogP contribution in [-0.2, 0) is 25.2 Å². The summed E-state index contributed by atoms with van der Waals surface area (Å²) in [4.78, 5) is 0. The normalized spacial score (nSPS) is 34.4. The van der Waals surface area contributed by atoms with Crippen molar-refractivity contribution in [1.29, 1.82) is 0 Å². The molecule has 0 saturated carbocycles. The number of ether oxygens (including phenoxy) is 1. The molecule has 0 bridgehead atoms. The average Bonchev–Trinajstić information content (AvgIpc) is 2.07. The van der Waals surface area contributed by atoms with Gasteiger partial charge in [0.15, 0.2) is 6.29 Å². The van der Waals surface area contributed by atoms with E-state index in [0.717, 1.165) is 0 Å². The number of aliphatic hydroxyl groups is 2. The SMILES string of the molecule is O=S(=O)(O)CC1CC(O)C(NS(=O)(=O)O)[C@@H](O)O1. The number of rotatable bonds is 4. The van der Waals surface area contributed by atoms with Gasteiger partial charge in [0, 0.05) is 6.42 Å². The standard InChI is InChI=1S/C6H13NO9S2/c8-4-1-3(2-17(10,11)12)16-6(9)5(4)7-18(13,14)15/h3-9H,1-2H2,(H,10,11,12)(H,13,14,15)/t3?,4?,5?,6-/m0/s1. The molecule has 10 nitrogen and oxygen atoms in total. The number of nitrogens with one attached hydrogen (secondary N) is 1. The summed E-state index contributed by atoms with van der Waals surface area (Å²) in [5.41, 5.74) is 0. The van der Waals surface area contributed by atoms with E-state index in [1.165, 1.54) is 4.72 Å². The predicted molar refractivity (Wildman–Crippen MR) is 56.4 cm³/mol. The van der Waals surface area contributed by atoms with Crippen LogP contribution in [0.5, 0.6) is 0 Å². The molecule has 108 valence electrons. The summed E-state index contributed by atoms with van der Waals surface area (Å²) < 4.78 is 65.6. The molecule has 0 aromatic carbocycles. The molecule has 12 heteroatoms. The van der Waals surface area contributed by atoms with E-state index < -0.39 is 50.7 Å². The topological polar surface area (TPSA) is 170 Å². The molecule has 0 aliphatic carbocycles. The quantitative estimate of drug-likeness (QED) is 0.342. The van der Waals surface area contributed by atoms with E-state index in [0.29, 0.717) is 0 Å². The Balaban J connectivity index is 2.71. The van der Waals surface area contributed by atoms with E-state index in [1.54, 1.807) is 0 Å². The summed E-state index contributed by atoms with van der Waals surface area (Å²) in [6, 6.07) is -1.53. The van der Waals surface area contributed by atoms with Crippen molar-refractivity contribution in [2.24, 2.45) is 0 Å². The first-order valence-corrected chi connectivity index (χ1v) is 7.74. The minimum absolute atomic E-state index is 0.343. The van der Waals surface area contributed by atoms with E-state index in [2.05, 4.69) is 0 Å². The van der Waals surface area contributed by atoms with Crippen molar-refractivity contribution in [1.82, 2.24) is 4.72 Å². The van der Waals surface area contributed by atoms with Crippen molar-refractivity contribution < 1.29 is 40.9 Å². The molecular weight excluding hydrogens is 294 g/mol. The summed E-state index contributed by atoms with van der Waals surface area (Å²) in [6.45, 7) is 0. The van der Waals surface area contributed by atoms with Gasteiger partial charge in [0.1, 0.15) is 11.8 Å². The monoisotopic (exact) mass is 307 g/mol. The Labute approximate surface area is 103 Å². The van der Waals surface area contributed by atoms with Crippen LogP contribution >= 0.6 is 0 Å². The highest BCUT2D eigenvalue weighted by Crippen LogP contribution is 2.20. The lowest BCUT2D eigenvalue weighted by molar-refractivity contribution is -0.197. The smallest absolute Gasteiger partial charge is 0.333 e. The Bertz CT molecular complexity index is 473. The third-order valence-electron chi connectivity index (χ3n) is 2.24. The molecule has 0 aromatic heterocycles. The maximum atomic E-state index is 10.6. The molecule has 1 heterocycles. The summed E-state index contributed by atoms with van der Waals surface area (Å²) in [6.07, 6.45) is -4.88. The minimum atomic E-state index is -4.66. The third kappa shape index (κ3) is 5.11. The van der Waals surface area contributed by atoms with Crippen LogP contribution in [0.15, 0.2) is 0 Å². The molecule has 18 heavy (non-hydrogen) atoms. The van der Waals surface area contributed by atoms with Gasteiger partial charge in [0.2, 0.25) is 0 Å². The highest BCUT2D eigenvalue weighted by Gasteiger charge is 2.40. The number of hydrogen-bond acceptors (Lipinski definition) is 7. The van der Waals surface area contributed by atoms with Crippen LogP contribution in [0.3, 0.4) is 0 Å². The van der Waals surface area contributed by atoms with Crippen LogP contribution in [0.25, 0.3) is 0 Å². The Hall–Kier alpha value is -0.340. The first-order chi connectivity index (χ1) is 7.98. The van der Waals surface area contributed by atoms with Crippen LogP contribution in [0, 0.1) is 0 Å². The molecule has 3 unspecified atom stereocenters. The molecule has 5 N–H and O–H groups in total. The van der Waals surface area contributed by atoms with Gasteiger partial charge in [-0.25, -0.2) is 0 Å². The average molecular weight is 307 g/mol. The van der Waals surface area contributed by atoms with E-state index in [9.17, 15) is 27.0 Å². The molecule has 0 spiro atoms. The van der Waals surface area contributed by atoms with E-state index in [1.807, 2.05) is 0 Å². The molecule has 0 amide bonds. The fourth-order valence-electron chi connectivity index (χ4n) is 1.59. The van der Waals surface area contributed by atoms with Crippen LogP contribution in [-0.4, -0.2) is 66.4 Å². The van der Waals surface area contributed by atoms with Crippen molar-refractivity contribution in [3.05, 3.63) is 0 Å². The largest absolute Gasteiger partial charge is 0.391 e. The molecule has 4 atom stereocenters. The van der Waals surface area contributed by atoms with Gasteiger partial charge in [-0.2, -0.15) is 21.6 Å². The van der Waals surface area contributed by atoms with Gasteiger partial charge >= 0.3 is 10.3 Å². The van der Waals surface area contributed by atoms with E-state index in [-0.39, 0.29) is 6.42 Å². The zero-order valence-corrected chi connectivity index (χ0v) is 10.5. The molecule has 1 aliphatic heterocycles. The Morgan fingerprint density at radius 1 is 1.17 bits per heavy atom. The van der Waals surface area contributed by atoms with Crippen LogP contribution in [0.2, 0.25) is 0 Å². The second-order valence-corrected chi connectivity index (χ2v) is 6.50. The lowest BCUT2D eigenvalue weighted by Crippen LogP contribution is -2.57. The highest BCUT2D eigenvalue weighted by molar-refractivity contribution is 7.85. The summed E-state index contributed by atoms with van der Waals surface area (Å²) in [5, 5.41) is 18.9. The second-order valence-electron chi connectivity index (χ2n) is 3.82. The van der Waals surface area contributed by atoms with Crippen molar-refractivity contribution in [3.63, 3.8) is 0 Å². The van der Waals surface area contributed by atoms with Crippen LogP contribution < -0.4 is 4.72 Å². The molecule has 1 saturated heterocycles. The molecule has 0 radical (unpaired) electrons. The van der Waals surface area contributed by atoms with Gasteiger partial charge in [-0.15, -0.1) is 0 Å². The fraction of sp³-hybridized carbons (Fsp3) is 1.00. The van der Waals surface area contributed by atoms with E-state index >= 15 is 0 Å². The Kier molecular flexibility index (Phi) is 4.66. The van der Waals surface area contributed by atoms with Crippen LogP contribution in [0.1, 0.15) is 6.42 Å². The van der Waals surface area contributed by atoms with Gasteiger partial charge in [-0.05, 0) is 0 Å². The van der Waals surface area contributed by atoms with Gasteiger partial charge in [-0.1, -0.05) is 0 Å². The summed E-state index contributed by atoms with van der Waals surface area (Å²) >= 11 is 0. The molecular formula is C6H13NO9S2. The number of aliphatic hydroxyl groups excluding tert-OH is 2. The second kappa shape index (κ2) is 5.34. The minimum Gasteiger partial charge on any atom is -0.391 e. The summed E-state index contributed by atoms with van der Waals surface area (Å²) in [5.74, 6) is -0.848. The molecule has 1 aliphatic rings. The van der Waals surface area contributed by atoms with Crippen LogP contribution in [0.4, 0.5) is 0 Å². The van der Waals surface area contributed by atoms with Gasteiger partial charge < -0.3 is 14.9 Å².